The van der Waals surface area contributed by atoms with Gasteiger partial charge in [0.15, 0.2) is 0 Å². The quantitative estimate of drug-likeness (QED) is 0.551. The molecule has 0 unspecified atom stereocenters. The van der Waals surface area contributed by atoms with Crippen LogP contribution < -0.4 is 15.0 Å². The van der Waals surface area contributed by atoms with E-state index in [-0.39, 0.29) is 5.70 Å². The zero-order valence-corrected chi connectivity index (χ0v) is 18.2. The van der Waals surface area contributed by atoms with Crippen molar-refractivity contribution >= 4 is 40.4 Å². The number of hydrogen-bond donors (Lipinski definition) is 1. The lowest BCUT2D eigenvalue weighted by atomic mass is 10.0. The first-order valence-corrected chi connectivity index (χ1v) is 10.1. The standard InChI is InChI=1S/C25H21ClN2O3/c1-15-7-10-17(11-8-15)22-23(27-18-12-9-16(2)21(26)13-18)25(30)28(24(22)29)19-5-4-6-20(14-19)31-3/h4-14,27H,1-3H3. The van der Waals surface area contributed by atoms with Crippen LogP contribution in [-0.2, 0) is 9.59 Å². The summed E-state index contributed by atoms with van der Waals surface area (Å²) < 4.78 is 5.26. The van der Waals surface area contributed by atoms with E-state index in [2.05, 4.69) is 5.32 Å². The van der Waals surface area contributed by atoms with Crippen LogP contribution in [0, 0.1) is 13.8 Å². The molecule has 156 valence electrons. The molecule has 0 radical (unpaired) electrons. The molecule has 5 nitrogen and oxygen atoms in total. The molecule has 0 spiro atoms. The third kappa shape index (κ3) is 3.92. The SMILES string of the molecule is COc1cccc(N2C(=O)C(Nc3ccc(C)c(Cl)c3)=C(c3ccc(C)cc3)C2=O)c1. The van der Waals surface area contributed by atoms with Crippen molar-refractivity contribution in [2.75, 3.05) is 17.3 Å². The second-order valence-electron chi connectivity index (χ2n) is 7.35. The highest BCUT2D eigenvalue weighted by molar-refractivity contribution is 6.46. The molecular weight excluding hydrogens is 412 g/mol. The third-order valence-electron chi connectivity index (χ3n) is 5.18. The average Bonchev–Trinajstić information content (AvgIpc) is 3.01. The number of methoxy groups -OCH3 is 1. The van der Waals surface area contributed by atoms with Crippen molar-refractivity contribution in [2.45, 2.75) is 13.8 Å². The molecule has 3 aromatic rings. The Morgan fingerprint density at radius 1 is 0.903 bits per heavy atom. The van der Waals surface area contributed by atoms with Crippen LogP contribution in [0.25, 0.3) is 5.57 Å². The maximum Gasteiger partial charge on any atom is 0.282 e. The molecule has 0 aromatic heterocycles. The number of halogens is 1. The van der Waals surface area contributed by atoms with E-state index in [1.807, 2.05) is 50.2 Å². The molecule has 0 saturated carbocycles. The predicted octanol–water partition coefficient (Wildman–Crippen LogP) is 5.36. The van der Waals surface area contributed by atoms with Crippen LogP contribution in [0.2, 0.25) is 5.02 Å². The highest BCUT2D eigenvalue weighted by atomic mass is 35.5. The topological polar surface area (TPSA) is 58.6 Å². The molecule has 1 aliphatic heterocycles. The number of amides is 2. The van der Waals surface area contributed by atoms with Crippen molar-refractivity contribution < 1.29 is 14.3 Å². The van der Waals surface area contributed by atoms with Gasteiger partial charge in [0.2, 0.25) is 0 Å². The van der Waals surface area contributed by atoms with E-state index >= 15 is 0 Å². The molecule has 0 bridgehead atoms. The van der Waals surface area contributed by atoms with Gasteiger partial charge in [-0.25, -0.2) is 4.90 Å². The molecule has 31 heavy (non-hydrogen) atoms. The molecule has 0 aliphatic carbocycles. The van der Waals surface area contributed by atoms with Gasteiger partial charge in [0, 0.05) is 16.8 Å². The third-order valence-corrected chi connectivity index (χ3v) is 5.58. The van der Waals surface area contributed by atoms with Crippen molar-refractivity contribution in [3.63, 3.8) is 0 Å². The van der Waals surface area contributed by atoms with Crippen molar-refractivity contribution in [3.05, 3.63) is 94.1 Å². The number of ether oxygens (including phenoxy) is 1. The van der Waals surface area contributed by atoms with Crippen LogP contribution in [0.1, 0.15) is 16.7 Å². The van der Waals surface area contributed by atoms with Crippen LogP contribution in [0.3, 0.4) is 0 Å². The second kappa shape index (κ2) is 8.28. The number of imide groups is 1. The Labute approximate surface area is 185 Å². The second-order valence-corrected chi connectivity index (χ2v) is 7.76. The lowest BCUT2D eigenvalue weighted by molar-refractivity contribution is -0.120. The normalized spacial score (nSPS) is 13.7. The number of nitrogens with one attached hydrogen (secondary N) is 1. The monoisotopic (exact) mass is 432 g/mol. The molecule has 0 saturated heterocycles. The van der Waals surface area contributed by atoms with Gasteiger partial charge < -0.3 is 10.1 Å². The minimum absolute atomic E-state index is 0.205. The minimum atomic E-state index is -0.439. The fourth-order valence-corrected chi connectivity index (χ4v) is 3.61. The Morgan fingerprint density at radius 3 is 2.32 bits per heavy atom. The molecule has 1 aliphatic rings. The molecule has 2 amide bonds. The van der Waals surface area contributed by atoms with Gasteiger partial charge in [0.25, 0.3) is 11.8 Å². The van der Waals surface area contributed by atoms with Crippen LogP contribution in [0.5, 0.6) is 5.75 Å². The summed E-state index contributed by atoms with van der Waals surface area (Å²) in [5, 5.41) is 3.71. The summed E-state index contributed by atoms with van der Waals surface area (Å²) in [6.07, 6.45) is 0. The van der Waals surface area contributed by atoms with E-state index in [4.69, 9.17) is 16.3 Å². The van der Waals surface area contributed by atoms with Gasteiger partial charge >= 0.3 is 0 Å². The van der Waals surface area contributed by atoms with Gasteiger partial charge in [0.1, 0.15) is 11.4 Å². The van der Waals surface area contributed by atoms with Crippen molar-refractivity contribution in [1.29, 1.82) is 0 Å². The molecule has 0 atom stereocenters. The summed E-state index contributed by atoms with van der Waals surface area (Å²) in [7, 11) is 1.54. The minimum Gasteiger partial charge on any atom is -0.497 e. The Morgan fingerprint density at radius 2 is 1.65 bits per heavy atom. The van der Waals surface area contributed by atoms with E-state index in [0.29, 0.717) is 33.3 Å². The molecule has 4 rings (SSSR count). The van der Waals surface area contributed by atoms with E-state index in [1.165, 1.54) is 7.11 Å². The Balaban J connectivity index is 1.82. The predicted molar refractivity (Wildman–Crippen MR) is 123 cm³/mol. The molecule has 1 N–H and O–H groups in total. The van der Waals surface area contributed by atoms with E-state index in [9.17, 15) is 9.59 Å². The van der Waals surface area contributed by atoms with Gasteiger partial charge in [0.05, 0.1) is 18.4 Å². The summed E-state index contributed by atoms with van der Waals surface area (Å²) in [6.45, 7) is 3.87. The van der Waals surface area contributed by atoms with Crippen LogP contribution in [0.4, 0.5) is 11.4 Å². The summed E-state index contributed by atoms with van der Waals surface area (Å²) in [5.41, 5.74) is 4.23. The molecular formula is C25H21ClN2O3. The number of nitrogens with zero attached hydrogens (tertiary/aromatic N) is 1. The Hall–Kier alpha value is -3.57. The number of anilines is 2. The molecule has 3 aromatic carbocycles. The van der Waals surface area contributed by atoms with Crippen LogP contribution >= 0.6 is 11.6 Å². The first kappa shape index (κ1) is 20.7. The molecule has 6 heteroatoms. The van der Waals surface area contributed by atoms with E-state index in [0.717, 1.165) is 16.0 Å². The number of carbonyl (C=O) groups is 2. The average molecular weight is 433 g/mol. The highest BCUT2D eigenvalue weighted by Crippen LogP contribution is 2.35. The Kier molecular flexibility index (Phi) is 5.53. The number of benzene rings is 3. The fourth-order valence-electron chi connectivity index (χ4n) is 3.43. The lowest BCUT2D eigenvalue weighted by Crippen LogP contribution is -2.32. The highest BCUT2D eigenvalue weighted by Gasteiger charge is 2.40. The zero-order valence-electron chi connectivity index (χ0n) is 17.4. The molecule has 1 heterocycles. The molecule has 0 fully saturated rings. The number of carbonyl (C=O) groups excluding carboxylic acids is 2. The van der Waals surface area contributed by atoms with Crippen molar-refractivity contribution in [1.82, 2.24) is 0 Å². The van der Waals surface area contributed by atoms with Gasteiger partial charge in [-0.2, -0.15) is 0 Å². The first-order chi connectivity index (χ1) is 14.9. The van der Waals surface area contributed by atoms with E-state index < -0.39 is 11.8 Å². The van der Waals surface area contributed by atoms with Gasteiger partial charge in [-0.15, -0.1) is 0 Å². The summed E-state index contributed by atoms with van der Waals surface area (Å²) >= 11 is 6.26. The van der Waals surface area contributed by atoms with Crippen molar-refractivity contribution in [3.8, 4) is 5.75 Å². The first-order valence-electron chi connectivity index (χ1n) is 9.76. The summed E-state index contributed by atoms with van der Waals surface area (Å²) in [5.74, 6) is -0.282. The summed E-state index contributed by atoms with van der Waals surface area (Å²) in [6, 6.07) is 19.8. The zero-order chi connectivity index (χ0) is 22.1. The Bertz CT molecular complexity index is 1220. The smallest absolute Gasteiger partial charge is 0.282 e. The van der Waals surface area contributed by atoms with Crippen LogP contribution in [0.15, 0.2) is 72.4 Å². The van der Waals surface area contributed by atoms with Crippen molar-refractivity contribution in [2.24, 2.45) is 0 Å². The van der Waals surface area contributed by atoms with Gasteiger partial charge in [-0.05, 0) is 49.2 Å². The fraction of sp³-hybridized carbons (Fsp3) is 0.120. The lowest BCUT2D eigenvalue weighted by Gasteiger charge is -2.16. The maximum absolute atomic E-state index is 13.5. The number of rotatable bonds is 5. The van der Waals surface area contributed by atoms with E-state index in [1.54, 1.807) is 30.3 Å². The maximum atomic E-state index is 13.5. The number of hydrogen-bond acceptors (Lipinski definition) is 4. The van der Waals surface area contributed by atoms with Gasteiger partial charge in [-0.1, -0.05) is 53.6 Å². The van der Waals surface area contributed by atoms with Crippen LogP contribution in [-0.4, -0.2) is 18.9 Å². The largest absolute Gasteiger partial charge is 0.497 e. The van der Waals surface area contributed by atoms with Gasteiger partial charge in [-0.3, -0.25) is 9.59 Å². The summed E-state index contributed by atoms with van der Waals surface area (Å²) in [4.78, 5) is 28.1. The number of aryl methyl sites for hydroxylation is 2.